The molecule has 0 atom stereocenters. The lowest BCUT2D eigenvalue weighted by Crippen LogP contribution is -2.36. The van der Waals surface area contributed by atoms with E-state index in [2.05, 4.69) is 9.88 Å². The first-order valence-corrected chi connectivity index (χ1v) is 11.2. The number of ether oxygens (including phenoxy) is 2. The van der Waals surface area contributed by atoms with Gasteiger partial charge in [0.15, 0.2) is 0 Å². The van der Waals surface area contributed by atoms with Crippen LogP contribution in [0.2, 0.25) is 0 Å². The van der Waals surface area contributed by atoms with Gasteiger partial charge >= 0.3 is 5.97 Å². The molecule has 0 aliphatic carbocycles. The van der Waals surface area contributed by atoms with Crippen molar-refractivity contribution in [1.82, 2.24) is 9.55 Å². The van der Waals surface area contributed by atoms with E-state index < -0.39 is 5.60 Å². The van der Waals surface area contributed by atoms with Crippen molar-refractivity contribution in [2.75, 3.05) is 30.3 Å². The molecule has 3 heterocycles. The molecular formula is C25H32N4O3. The number of fused-ring (bicyclic) bond motifs is 1. The molecule has 0 amide bonds. The fourth-order valence-corrected chi connectivity index (χ4v) is 4.05. The zero-order valence-electron chi connectivity index (χ0n) is 19.1. The SMILES string of the molecule is CC(C)(C)OC(=O)Cn1ccc2cc(OCC3CCN(c4ccc(N)cn4)CC3)ccc21. The highest BCUT2D eigenvalue weighted by Gasteiger charge is 2.21. The van der Waals surface area contributed by atoms with Gasteiger partial charge in [-0.1, -0.05) is 0 Å². The van der Waals surface area contributed by atoms with Crippen molar-refractivity contribution in [3.63, 3.8) is 0 Å². The molecule has 0 spiro atoms. The third-order valence-corrected chi connectivity index (χ3v) is 5.66. The van der Waals surface area contributed by atoms with Gasteiger partial charge < -0.3 is 24.7 Å². The maximum absolute atomic E-state index is 12.2. The van der Waals surface area contributed by atoms with Crippen molar-refractivity contribution in [1.29, 1.82) is 0 Å². The van der Waals surface area contributed by atoms with Gasteiger partial charge in [0.2, 0.25) is 0 Å². The van der Waals surface area contributed by atoms with Crippen molar-refractivity contribution in [3.05, 3.63) is 48.8 Å². The molecule has 170 valence electrons. The normalized spacial score (nSPS) is 15.2. The highest BCUT2D eigenvalue weighted by atomic mass is 16.6. The van der Waals surface area contributed by atoms with Crippen molar-refractivity contribution in [3.8, 4) is 5.75 Å². The predicted molar refractivity (Wildman–Crippen MR) is 127 cm³/mol. The van der Waals surface area contributed by atoms with Gasteiger partial charge in [-0.3, -0.25) is 4.79 Å². The number of anilines is 2. The van der Waals surface area contributed by atoms with E-state index in [-0.39, 0.29) is 12.5 Å². The summed E-state index contributed by atoms with van der Waals surface area (Å²) in [6, 6.07) is 11.9. The first-order chi connectivity index (χ1) is 15.3. The van der Waals surface area contributed by atoms with Crippen LogP contribution in [0.25, 0.3) is 10.9 Å². The van der Waals surface area contributed by atoms with Crippen LogP contribution in [-0.2, 0) is 16.1 Å². The van der Waals surface area contributed by atoms with Crippen LogP contribution in [0.4, 0.5) is 11.5 Å². The Hall–Kier alpha value is -3.22. The lowest BCUT2D eigenvalue weighted by Gasteiger charge is -2.32. The number of benzene rings is 1. The highest BCUT2D eigenvalue weighted by molar-refractivity contribution is 5.83. The number of hydrogen-bond donors (Lipinski definition) is 1. The number of piperidine rings is 1. The van der Waals surface area contributed by atoms with Crippen molar-refractivity contribution >= 4 is 28.4 Å². The zero-order valence-corrected chi connectivity index (χ0v) is 19.1. The van der Waals surface area contributed by atoms with E-state index in [1.807, 2.05) is 67.9 Å². The van der Waals surface area contributed by atoms with Gasteiger partial charge in [-0.05, 0) is 75.9 Å². The van der Waals surface area contributed by atoms with Crippen LogP contribution in [-0.4, -0.2) is 40.8 Å². The van der Waals surface area contributed by atoms with Gasteiger partial charge in [0, 0.05) is 30.2 Å². The lowest BCUT2D eigenvalue weighted by molar-refractivity contribution is -0.155. The Labute approximate surface area is 189 Å². The summed E-state index contributed by atoms with van der Waals surface area (Å²) in [5.41, 5.74) is 6.93. The lowest BCUT2D eigenvalue weighted by atomic mass is 9.98. The molecule has 7 nitrogen and oxygen atoms in total. The third-order valence-electron chi connectivity index (χ3n) is 5.66. The second kappa shape index (κ2) is 9.10. The monoisotopic (exact) mass is 436 g/mol. The molecule has 7 heteroatoms. The number of nitrogen functional groups attached to an aromatic ring is 1. The molecule has 2 N–H and O–H groups in total. The Kier molecular flexibility index (Phi) is 6.26. The van der Waals surface area contributed by atoms with E-state index >= 15 is 0 Å². The zero-order chi connectivity index (χ0) is 22.7. The number of aromatic nitrogens is 2. The van der Waals surface area contributed by atoms with Crippen molar-refractivity contribution in [2.24, 2.45) is 5.92 Å². The second-order valence-corrected chi connectivity index (χ2v) is 9.44. The number of nitrogens with zero attached hydrogens (tertiary/aromatic N) is 3. The van der Waals surface area contributed by atoms with Crippen molar-refractivity contribution in [2.45, 2.75) is 45.8 Å². The average molecular weight is 437 g/mol. The molecule has 32 heavy (non-hydrogen) atoms. The van der Waals surface area contributed by atoms with Gasteiger partial charge in [-0.15, -0.1) is 0 Å². The van der Waals surface area contributed by atoms with Crippen LogP contribution < -0.4 is 15.4 Å². The van der Waals surface area contributed by atoms with Crippen LogP contribution in [0, 0.1) is 5.92 Å². The van der Waals surface area contributed by atoms with E-state index in [0.717, 1.165) is 48.4 Å². The summed E-state index contributed by atoms with van der Waals surface area (Å²) in [5.74, 6) is 2.12. The van der Waals surface area contributed by atoms with Gasteiger partial charge in [0.25, 0.3) is 0 Å². The Morgan fingerprint density at radius 1 is 1.16 bits per heavy atom. The van der Waals surface area contributed by atoms with Gasteiger partial charge in [0.1, 0.15) is 23.7 Å². The highest BCUT2D eigenvalue weighted by Crippen LogP contribution is 2.26. The molecule has 0 bridgehead atoms. The van der Waals surface area contributed by atoms with Crippen LogP contribution >= 0.6 is 0 Å². The number of carbonyl (C=O) groups excluding carboxylic acids is 1. The van der Waals surface area contributed by atoms with Crippen molar-refractivity contribution < 1.29 is 14.3 Å². The maximum atomic E-state index is 12.2. The summed E-state index contributed by atoms with van der Waals surface area (Å²) in [6.45, 7) is 8.47. The van der Waals surface area contributed by atoms with Crippen LogP contribution in [0.15, 0.2) is 48.8 Å². The minimum absolute atomic E-state index is 0.197. The second-order valence-electron chi connectivity index (χ2n) is 9.44. The Balaban J connectivity index is 1.30. The van der Waals surface area contributed by atoms with Crippen LogP contribution in [0.5, 0.6) is 5.75 Å². The number of pyridine rings is 1. The fraction of sp³-hybridized carbons (Fsp3) is 0.440. The van der Waals surface area contributed by atoms with Crippen LogP contribution in [0.1, 0.15) is 33.6 Å². The van der Waals surface area contributed by atoms with Gasteiger partial charge in [0.05, 0.1) is 18.5 Å². The molecule has 1 fully saturated rings. The fourth-order valence-electron chi connectivity index (χ4n) is 4.05. The van der Waals surface area contributed by atoms with Crippen LogP contribution in [0.3, 0.4) is 0 Å². The van der Waals surface area contributed by atoms with E-state index in [9.17, 15) is 4.79 Å². The summed E-state index contributed by atoms with van der Waals surface area (Å²) in [7, 11) is 0. The minimum atomic E-state index is -0.483. The number of carbonyl (C=O) groups is 1. The van der Waals surface area contributed by atoms with E-state index in [0.29, 0.717) is 18.2 Å². The number of esters is 1. The first kappa shape index (κ1) is 22.0. The number of nitrogens with two attached hydrogens (primary N) is 1. The van der Waals surface area contributed by atoms with E-state index in [1.165, 1.54) is 0 Å². The third kappa shape index (κ3) is 5.52. The summed E-state index contributed by atoms with van der Waals surface area (Å²) >= 11 is 0. The maximum Gasteiger partial charge on any atom is 0.326 e. The minimum Gasteiger partial charge on any atom is -0.493 e. The quantitative estimate of drug-likeness (QED) is 0.582. The molecule has 1 aliphatic rings. The first-order valence-electron chi connectivity index (χ1n) is 11.2. The Bertz CT molecular complexity index is 1060. The smallest absolute Gasteiger partial charge is 0.326 e. The largest absolute Gasteiger partial charge is 0.493 e. The number of rotatable bonds is 6. The summed E-state index contributed by atoms with van der Waals surface area (Å²) in [5, 5.41) is 1.05. The predicted octanol–water partition coefficient (Wildman–Crippen LogP) is 4.26. The molecule has 0 saturated carbocycles. The molecule has 0 radical (unpaired) electrons. The Morgan fingerprint density at radius 2 is 1.94 bits per heavy atom. The molecule has 1 saturated heterocycles. The van der Waals surface area contributed by atoms with Gasteiger partial charge in [-0.25, -0.2) is 4.98 Å². The standard InChI is InChI=1S/C25H32N4O3/c1-25(2,3)32-24(30)16-29-13-10-19-14-21(5-6-22(19)29)31-17-18-8-11-28(12-9-18)23-7-4-20(26)15-27-23/h4-7,10,13-15,18H,8-9,11-12,16-17,26H2,1-3H3. The molecule has 1 aromatic carbocycles. The Morgan fingerprint density at radius 3 is 2.62 bits per heavy atom. The summed E-state index contributed by atoms with van der Waals surface area (Å²) in [6.07, 6.45) is 5.77. The molecule has 2 aromatic heterocycles. The average Bonchev–Trinajstić information content (AvgIpc) is 3.14. The molecule has 0 unspecified atom stereocenters. The summed E-state index contributed by atoms with van der Waals surface area (Å²) < 4.78 is 13.5. The molecule has 4 rings (SSSR count). The molecule has 3 aromatic rings. The van der Waals surface area contributed by atoms with E-state index in [4.69, 9.17) is 15.2 Å². The van der Waals surface area contributed by atoms with E-state index in [1.54, 1.807) is 6.20 Å². The number of hydrogen-bond acceptors (Lipinski definition) is 6. The van der Waals surface area contributed by atoms with Gasteiger partial charge in [-0.2, -0.15) is 0 Å². The summed E-state index contributed by atoms with van der Waals surface area (Å²) in [4.78, 5) is 18.9. The topological polar surface area (TPSA) is 82.6 Å². The molecule has 1 aliphatic heterocycles. The molecular weight excluding hydrogens is 404 g/mol.